The molecule has 0 bridgehead atoms. The average molecular weight is 541 g/mol. The van der Waals surface area contributed by atoms with Gasteiger partial charge in [0.25, 0.3) is 0 Å². The third-order valence-corrected chi connectivity index (χ3v) is 12.8. The van der Waals surface area contributed by atoms with Crippen molar-refractivity contribution < 1.29 is 19.5 Å². The number of nitrogens with one attached hydrogen (secondary N) is 1. The summed E-state index contributed by atoms with van der Waals surface area (Å²) in [6, 6.07) is 10.6. The van der Waals surface area contributed by atoms with Gasteiger partial charge in [-0.25, -0.2) is 0 Å². The fourth-order valence-corrected chi connectivity index (χ4v) is 11.0. The van der Waals surface area contributed by atoms with Crippen LogP contribution in [0.3, 0.4) is 0 Å². The van der Waals surface area contributed by atoms with Crippen LogP contribution in [0.25, 0.3) is 0 Å². The molecule has 6 nitrogen and oxygen atoms in total. The van der Waals surface area contributed by atoms with E-state index >= 15 is 0 Å². The number of oxime groups is 1. The zero-order valence-corrected chi connectivity index (χ0v) is 24.5. The number of benzene rings is 1. The Balaban J connectivity index is 1.47. The molecule has 5 aliphatic rings. The Morgan fingerprint density at radius 1 is 1.13 bits per heavy atom. The zero-order valence-electron chi connectivity index (χ0n) is 23.6. The van der Waals surface area contributed by atoms with Gasteiger partial charge in [0.1, 0.15) is 7.11 Å². The molecule has 1 aromatic rings. The molecular formula is C31H44N2O4S. The van der Waals surface area contributed by atoms with Gasteiger partial charge in [-0.05, 0) is 68.4 Å². The lowest BCUT2D eigenvalue weighted by Gasteiger charge is -2.70. The van der Waals surface area contributed by atoms with Crippen LogP contribution >= 0.6 is 11.8 Å². The number of nitrogens with zero attached hydrogens (tertiary/aromatic N) is 1. The van der Waals surface area contributed by atoms with Gasteiger partial charge in [0.2, 0.25) is 5.91 Å². The number of rotatable bonds is 3. The van der Waals surface area contributed by atoms with Crippen molar-refractivity contribution in [3.63, 3.8) is 0 Å². The van der Waals surface area contributed by atoms with Gasteiger partial charge in [0, 0.05) is 34.1 Å². The second-order valence-corrected chi connectivity index (χ2v) is 14.9. The molecule has 0 aromatic heterocycles. The van der Waals surface area contributed by atoms with Crippen LogP contribution in [-0.4, -0.2) is 52.9 Å². The number of hydrogen-bond donors (Lipinski definition) is 2. The molecular weight excluding hydrogens is 496 g/mol. The van der Waals surface area contributed by atoms with E-state index < -0.39 is 6.10 Å². The molecule has 2 aliphatic heterocycles. The molecule has 208 valence electrons. The maximum absolute atomic E-state index is 12.9. The minimum atomic E-state index is -0.504. The van der Waals surface area contributed by atoms with Crippen LogP contribution in [0, 0.1) is 40.4 Å². The van der Waals surface area contributed by atoms with Crippen LogP contribution in [0.1, 0.15) is 66.7 Å². The van der Waals surface area contributed by atoms with Crippen molar-refractivity contribution in [1.82, 2.24) is 5.32 Å². The van der Waals surface area contributed by atoms with Crippen molar-refractivity contribution in [3.05, 3.63) is 30.3 Å². The van der Waals surface area contributed by atoms with Crippen molar-refractivity contribution in [2.24, 2.45) is 45.6 Å². The Hall–Kier alpha value is -1.57. The summed E-state index contributed by atoms with van der Waals surface area (Å²) >= 11 is 1.86. The van der Waals surface area contributed by atoms with E-state index in [1.54, 1.807) is 7.11 Å². The largest absolute Gasteiger partial charge is 0.399 e. The summed E-state index contributed by atoms with van der Waals surface area (Å²) in [6.45, 7) is 11.6. The highest BCUT2D eigenvalue weighted by Gasteiger charge is 2.72. The SMILES string of the molecule is CON=C1C(Sc2ccccc2)CC23OC4C(CC2(C)C(C)CCC3C1(C)C)C(O)CC1C(=O)NC(C)C14. The van der Waals surface area contributed by atoms with Gasteiger partial charge in [0.05, 0.1) is 28.8 Å². The van der Waals surface area contributed by atoms with Crippen molar-refractivity contribution in [2.45, 2.75) is 101 Å². The highest BCUT2D eigenvalue weighted by atomic mass is 32.2. The van der Waals surface area contributed by atoms with Gasteiger partial charge in [-0.2, -0.15) is 0 Å². The molecule has 11 unspecified atom stereocenters. The Morgan fingerprint density at radius 3 is 2.58 bits per heavy atom. The van der Waals surface area contributed by atoms with Gasteiger partial charge in [-0.15, -0.1) is 11.8 Å². The zero-order chi connectivity index (χ0) is 27.0. The van der Waals surface area contributed by atoms with E-state index in [1.165, 1.54) is 4.90 Å². The summed E-state index contributed by atoms with van der Waals surface area (Å²) < 4.78 is 7.63. The molecule has 38 heavy (non-hydrogen) atoms. The predicted molar refractivity (Wildman–Crippen MR) is 150 cm³/mol. The molecule has 6 rings (SSSR count). The maximum atomic E-state index is 12.9. The maximum Gasteiger partial charge on any atom is 0.223 e. The summed E-state index contributed by atoms with van der Waals surface area (Å²) in [4.78, 5) is 19.6. The average Bonchev–Trinajstić information content (AvgIpc) is 3.15. The van der Waals surface area contributed by atoms with Gasteiger partial charge in [-0.1, -0.05) is 51.0 Å². The summed E-state index contributed by atoms with van der Waals surface area (Å²) in [5.41, 5.74) is 0.424. The van der Waals surface area contributed by atoms with Gasteiger partial charge >= 0.3 is 0 Å². The summed E-state index contributed by atoms with van der Waals surface area (Å²) in [5.74, 6) is 0.823. The van der Waals surface area contributed by atoms with Crippen molar-refractivity contribution in [1.29, 1.82) is 0 Å². The molecule has 3 aliphatic carbocycles. The standard InChI is InChI=1S/C31H44N2O4S/c1-17-12-13-24-29(3,4)27(33-36-6)23(38-19-10-8-7-9-11-19)16-31(24)30(17,5)15-21-22(34)14-20-25(26(21)37-31)18(2)32-28(20)35/h7-11,17-18,20-26,34H,12-16H2,1-6H3,(H,32,35). The van der Waals surface area contributed by atoms with Crippen molar-refractivity contribution in [2.75, 3.05) is 7.11 Å². The fraction of sp³-hybridized carbons (Fsp3) is 0.742. The first-order chi connectivity index (χ1) is 18.0. The molecule has 2 heterocycles. The molecule has 2 N–H and O–H groups in total. The Morgan fingerprint density at radius 2 is 1.87 bits per heavy atom. The fourth-order valence-electron chi connectivity index (χ4n) is 9.56. The van der Waals surface area contributed by atoms with Crippen LogP contribution in [0.15, 0.2) is 40.4 Å². The van der Waals surface area contributed by atoms with Gasteiger partial charge < -0.3 is 20.0 Å². The van der Waals surface area contributed by atoms with E-state index in [-0.39, 0.29) is 63.4 Å². The van der Waals surface area contributed by atoms with Crippen LogP contribution < -0.4 is 5.32 Å². The number of aliphatic hydroxyl groups excluding tert-OH is 1. The van der Waals surface area contributed by atoms with Crippen molar-refractivity contribution in [3.8, 4) is 0 Å². The number of aliphatic hydroxyl groups is 1. The van der Waals surface area contributed by atoms with E-state index in [4.69, 9.17) is 14.7 Å². The molecule has 3 saturated carbocycles. The van der Waals surface area contributed by atoms with Crippen LogP contribution in [0.2, 0.25) is 0 Å². The summed E-state index contributed by atoms with van der Waals surface area (Å²) in [6.07, 6.45) is 3.94. The van der Waals surface area contributed by atoms with Crippen molar-refractivity contribution >= 4 is 23.4 Å². The van der Waals surface area contributed by atoms with Crippen LogP contribution in [0.4, 0.5) is 0 Å². The van der Waals surface area contributed by atoms with Crippen LogP contribution in [0.5, 0.6) is 0 Å². The van der Waals surface area contributed by atoms with E-state index in [0.29, 0.717) is 12.3 Å². The van der Waals surface area contributed by atoms with Gasteiger partial charge in [-0.3, -0.25) is 4.79 Å². The molecule has 1 amide bonds. The highest BCUT2D eigenvalue weighted by molar-refractivity contribution is 8.00. The third-order valence-electron chi connectivity index (χ3n) is 11.6. The van der Waals surface area contributed by atoms with E-state index in [1.807, 2.05) is 11.8 Å². The lowest BCUT2D eigenvalue weighted by atomic mass is 9.42. The topological polar surface area (TPSA) is 80.2 Å². The molecule has 2 saturated heterocycles. The molecule has 1 aromatic carbocycles. The first kappa shape index (κ1) is 26.6. The van der Waals surface area contributed by atoms with E-state index in [9.17, 15) is 9.90 Å². The molecule has 0 radical (unpaired) electrons. The number of amides is 1. The second-order valence-electron chi connectivity index (χ2n) is 13.6. The second kappa shape index (κ2) is 9.24. The number of fused-ring (bicyclic) bond motifs is 3. The van der Waals surface area contributed by atoms with E-state index in [0.717, 1.165) is 31.4 Å². The molecule has 7 heteroatoms. The first-order valence-corrected chi connectivity index (χ1v) is 15.4. The number of thioether (sulfide) groups is 1. The minimum absolute atomic E-state index is 0.0561. The summed E-state index contributed by atoms with van der Waals surface area (Å²) in [5, 5.41) is 19.4. The molecule has 5 fully saturated rings. The van der Waals surface area contributed by atoms with Gasteiger partial charge in [0.15, 0.2) is 0 Å². The quantitative estimate of drug-likeness (QED) is 0.509. The highest BCUT2D eigenvalue weighted by Crippen LogP contribution is 2.69. The first-order valence-electron chi connectivity index (χ1n) is 14.5. The van der Waals surface area contributed by atoms with Crippen LogP contribution in [-0.2, 0) is 14.4 Å². The molecule has 11 atom stereocenters. The Bertz CT molecular complexity index is 1110. The lowest BCUT2D eigenvalue weighted by molar-refractivity contribution is -0.319. The minimum Gasteiger partial charge on any atom is -0.399 e. The lowest BCUT2D eigenvalue weighted by Crippen LogP contribution is -2.74. The smallest absolute Gasteiger partial charge is 0.223 e. The number of ether oxygens (including phenoxy) is 1. The Kier molecular flexibility index (Phi) is 6.48. The van der Waals surface area contributed by atoms with E-state index in [2.05, 4.69) is 70.3 Å². The predicted octanol–water partition coefficient (Wildman–Crippen LogP) is 5.29. The number of carbonyl (C=O) groups excluding carboxylic acids is 1. The summed E-state index contributed by atoms with van der Waals surface area (Å²) in [7, 11) is 1.65. The normalized spacial score (nSPS) is 48.3. The number of carbonyl (C=O) groups is 1. The monoisotopic (exact) mass is 540 g/mol. The number of hydrogen-bond acceptors (Lipinski definition) is 6. The third kappa shape index (κ3) is 3.67. The molecule has 1 spiro atoms. The Labute approximate surface area is 231 Å².